The summed E-state index contributed by atoms with van der Waals surface area (Å²) in [6.07, 6.45) is 1.25. The van der Waals surface area contributed by atoms with Crippen LogP contribution < -0.4 is 14.8 Å². The molecular formula is C14H11FN2O3. The van der Waals surface area contributed by atoms with Crippen LogP contribution in [0.15, 0.2) is 36.5 Å². The molecule has 0 saturated carbocycles. The lowest BCUT2D eigenvalue weighted by molar-refractivity contribution is 0.0950. The van der Waals surface area contributed by atoms with Crippen LogP contribution in [0.3, 0.4) is 0 Å². The van der Waals surface area contributed by atoms with Crippen LogP contribution in [-0.4, -0.2) is 17.7 Å². The summed E-state index contributed by atoms with van der Waals surface area (Å²) in [6, 6.07) is 7.97. The SMILES string of the molecule is O=C(NCc1ccc2c(c1)OCO2)c1ccnc(F)c1. The number of amides is 1. The molecule has 102 valence electrons. The lowest BCUT2D eigenvalue weighted by Crippen LogP contribution is -2.22. The van der Waals surface area contributed by atoms with Crippen molar-refractivity contribution in [3.63, 3.8) is 0 Å². The third-order valence-corrected chi connectivity index (χ3v) is 2.88. The van der Waals surface area contributed by atoms with Crippen molar-refractivity contribution in [3.8, 4) is 11.5 Å². The van der Waals surface area contributed by atoms with Gasteiger partial charge in [-0.25, -0.2) is 4.98 Å². The van der Waals surface area contributed by atoms with Gasteiger partial charge in [-0.05, 0) is 23.8 Å². The Kier molecular flexibility index (Phi) is 3.20. The fraction of sp³-hybridized carbons (Fsp3) is 0.143. The molecule has 0 saturated heterocycles. The zero-order valence-corrected chi connectivity index (χ0v) is 10.4. The predicted molar refractivity (Wildman–Crippen MR) is 67.9 cm³/mol. The van der Waals surface area contributed by atoms with E-state index in [2.05, 4.69) is 10.3 Å². The first kappa shape index (κ1) is 12.4. The smallest absolute Gasteiger partial charge is 0.251 e. The van der Waals surface area contributed by atoms with Gasteiger partial charge in [-0.3, -0.25) is 4.79 Å². The second kappa shape index (κ2) is 5.16. The van der Waals surface area contributed by atoms with Crippen molar-refractivity contribution in [2.24, 2.45) is 0 Å². The molecule has 0 fully saturated rings. The highest BCUT2D eigenvalue weighted by Gasteiger charge is 2.13. The highest BCUT2D eigenvalue weighted by Crippen LogP contribution is 2.32. The fourth-order valence-electron chi connectivity index (χ4n) is 1.88. The zero-order valence-electron chi connectivity index (χ0n) is 10.4. The Morgan fingerprint density at radius 3 is 2.95 bits per heavy atom. The number of hydrogen-bond acceptors (Lipinski definition) is 4. The van der Waals surface area contributed by atoms with E-state index in [4.69, 9.17) is 9.47 Å². The van der Waals surface area contributed by atoms with E-state index in [0.29, 0.717) is 18.0 Å². The third kappa shape index (κ3) is 2.54. The average Bonchev–Trinajstić information content (AvgIpc) is 2.92. The number of aromatic nitrogens is 1. The number of rotatable bonds is 3. The lowest BCUT2D eigenvalue weighted by Gasteiger charge is -2.06. The minimum atomic E-state index is -0.680. The Hall–Kier alpha value is -2.63. The third-order valence-electron chi connectivity index (χ3n) is 2.88. The van der Waals surface area contributed by atoms with Crippen LogP contribution in [0, 0.1) is 5.95 Å². The minimum absolute atomic E-state index is 0.210. The highest BCUT2D eigenvalue weighted by atomic mass is 19.1. The van der Waals surface area contributed by atoms with E-state index >= 15 is 0 Å². The molecule has 1 aromatic carbocycles. The van der Waals surface area contributed by atoms with Gasteiger partial charge in [-0.1, -0.05) is 6.07 Å². The molecule has 2 heterocycles. The molecule has 0 unspecified atom stereocenters. The Morgan fingerprint density at radius 1 is 1.25 bits per heavy atom. The number of nitrogens with one attached hydrogen (secondary N) is 1. The van der Waals surface area contributed by atoms with Crippen LogP contribution in [-0.2, 0) is 6.54 Å². The van der Waals surface area contributed by atoms with E-state index in [1.807, 2.05) is 6.07 Å². The summed E-state index contributed by atoms with van der Waals surface area (Å²) in [7, 11) is 0. The molecule has 1 N–H and O–H groups in total. The summed E-state index contributed by atoms with van der Waals surface area (Å²) in [5, 5.41) is 2.70. The van der Waals surface area contributed by atoms with E-state index in [9.17, 15) is 9.18 Å². The zero-order chi connectivity index (χ0) is 13.9. The molecular weight excluding hydrogens is 263 g/mol. The number of carbonyl (C=O) groups excluding carboxylic acids is 1. The van der Waals surface area contributed by atoms with Gasteiger partial charge in [0.1, 0.15) is 0 Å². The topological polar surface area (TPSA) is 60.5 Å². The van der Waals surface area contributed by atoms with Crippen molar-refractivity contribution in [2.75, 3.05) is 6.79 Å². The summed E-state index contributed by atoms with van der Waals surface area (Å²) in [4.78, 5) is 15.2. The molecule has 2 aromatic rings. The molecule has 1 aromatic heterocycles. The molecule has 1 aliphatic heterocycles. The number of benzene rings is 1. The van der Waals surface area contributed by atoms with E-state index in [0.717, 1.165) is 11.6 Å². The average molecular weight is 274 g/mol. The molecule has 3 rings (SSSR count). The molecule has 1 aliphatic rings. The maximum atomic E-state index is 12.9. The first-order valence-corrected chi connectivity index (χ1v) is 6.01. The number of nitrogens with zero attached hydrogens (tertiary/aromatic N) is 1. The second-order valence-corrected chi connectivity index (χ2v) is 4.24. The Balaban J connectivity index is 1.66. The molecule has 0 atom stereocenters. The van der Waals surface area contributed by atoms with Crippen LogP contribution in [0.5, 0.6) is 11.5 Å². The number of ether oxygens (including phenoxy) is 2. The number of carbonyl (C=O) groups is 1. The first-order valence-electron chi connectivity index (χ1n) is 6.01. The molecule has 5 nitrogen and oxygen atoms in total. The molecule has 0 spiro atoms. The van der Waals surface area contributed by atoms with Gasteiger partial charge in [0, 0.05) is 24.4 Å². The molecule has 1 amide bonds. The first-order chi connectivity index (χ1) is 9.72. The highest BCUT2D eigenvalue weighted by molar-refractivity contribution is 5.93. The summed E-state index contributed by atoms with van der Waals surface area (Å²) in [5.74, 6) is 0.313. The maximum Gasteiger partial charge on any atom is 0.251 e. The lowest BCUT2D eigenvalue weighted by atomic mass is 10.2. The van der Waals surface area contributed by atoms with Gasteiger partial charge >= 0.3 is 0 Å². The number of hydrogen-bond donors (Lipinski definition) is 1. The Labute approximate surface area is 114 Å². The van der Waals surface area contributed by atoms with Gasteiger partial charge in [0.25, 0.3) is 5.91 Å². The second-order valence-electron chi connectivity index (χ2n) is 4.24. The van der Waals surface area contributed by atoms with Gasteiger partial charge in [-0.15, -0.1) is 0 Å². The van der Waals surface area contributed by atoms with E-state index in [1.54, 1.807) is 12.1 Å². The fourth-order valence-corrected chi connectivity index (χ4v) is 1.88. The van der Waals surface area contributed by atoms with Gasteiger partial charge in [0.15, 0.2) is 11.5 Å². The van der Waals surface area contributed by atoms with Crippen molar-refractivity contribution in [1.29, 1.82) is 0 Å². The monoisotopic (exact) mass is 274 g/mol. The van der Waals surface area contributed by atoms with Crippen molar-refractivity contribution in [2.45, 2.75) is 6.54 Å². The molecule has 6 heteroatoms. The number of halogens is 1. The Bertz CT molecular complexity index is 661. The van der Waals surface area contributed by atoms with Crippen LogP contribution >= 0.6 is 0 Å². The van der Waals surface area contributed by atoms with Crippen molar-refractivity contribution >= 4 is 5.91 Å². The minimum Gasteiger partial charge on any atom is -0.454 e. The summed E-state index contributed by atoms with van der Waals surface area (Å²) >= 11 is 0. The Morgan fingerprint density at radius 2 is 2.10 bits per heavy atom. The molecule has 0 radical (unpaired) electrons. The predicted octanol–water partition coefficient (Wildman–Crippen LogP) is 1.88. The molecule has 0 bridgehead atoms. The summed E-state index contributed by atoms with van der Waals surface area (Å²) in [5.41, 5.74) is 1.11. The number of pyridine rings is 1. The van der Waals surface area contributed by atoms with Crippen LogP contribution in [0.2, 0.25) is 0 Å². The normalized spacial score (nSPS) is 12.2. The largest absolute Gasteiger partial charge is 0.454 e. The van der Waals surface area contributed by atoms with Crippen molar-refractivity contribution < 1.29 is 18.7 Å². The standard InChI is InChI=1S/C14H11FN2O3/c15-13-6-10(3-4-16-13)14(18)17-7-9-1-2-11-12(5-9)20-8-19-11/h1-6H,7-8H2,(H,17,18). The number of fused-ring (bicyclic) bond motifs is 1. The van der Waals surface area contributed by atoms with Crippen molar-refractivity contribution in [1.82, 2.24) is 10.3 Å². The van der Waals surface area contributed by atoms with E-state index in [1.165, 1.54) is 12.3 Å². The summed E-state index contributed by atoms with van der Waals surface area (Å²) in [6.45, 7) is 0.529. The van der Waals surface area contributed by atoms with Crippen molar-refractivity contribution in [3.05, 3.63) is 53.6 Å². The van der Waals surface area contributed by atoms with Gasteiger partial charge in [-0.2, -0.15) is 4.39 Å². The van der Waals surface area contributed by atoms with Crippen LogP contribution in [0.1, 0.15) is 15.9 Å². The van der Waals surface area contributed by atoms with E-state index in [-0.39, 0.29) is 18.3 Å². The quantitative estimate of drug-likeness (QED) is 0.868. The maximum absolute atomic E-state index is 12.9. The van der Waals surface area contributed by atoms with Gasteiger partial charge in [0.05, 0.1) is 0 Å². The molecule has 20 heavy (non-hydrogen) atoms. The van der Waals surface area contributed by atoms with Crippen LogP contribution in [0.4, 0.5) is 4.39 Å². The molecule has 0 aliphatic carbocycles. The van der Waals surface area contributed by atoms with Gasteiger partial charge < -0.3 is 14.8 Å². The van der Waals surface area contributed by atoms with Crippen LogP contribution in [0.25, 0.3) is 0 Å². The van der Waals surface area contributed by atoms with E-state index < -0.39 is 5.95 Å². The summed E-state index contributed by atoms with van der Waals surface area (Å²) < 4.78 is 23.4. The van der Waals surface area contributed by atoms with Gasteiger partial charge in [0.2, 0.25) is 12.7 Å².